The van der Waals surface area contributed by atoms with E-state index in [-0.39, 0.29) is 11.6 Å². The molecule has 0 aliphatic rings. The Hall–Kier alpha value is -1.65. The first-order chi connectivity index (χ1) is 6.59. The second-order valence-electron chi connectivity index (χ2n) is 3.57. The van der Waals surface area contributed by atoms with Gasteiger partial charge < -0.3 is 9.55 Å². The maximum atomic E-state index is 11.6. The molecule has 5 nitrogen and oxygen atoms in total. The zero-order chi connectivity index (χ0) is 10.3. The van der Waals surface area contributed by atoms with Gasteiger partial charge in [0.05, 0.1) is 6.33 Å². The van der Waals surface area contributed by atoms with Crippen LogP contribution in [-0.4, -0.2) is 19.5 Å². The highest BCUT2D eigenvalue weighted by Crippen LogP contribution is 2.11. The summed E-state index contributed by atoms with van der Waals surface area (Å²) in [4.78, 5) is 22.5. The Morgan fingerprint density at radius 1 is 1.50 bits per heavy atom. The average molecular weight is 192 g/mol. The van der Waals surface area contributed by atoms with Crippen molar-refractivity contribution in [1.82, 2.24) is 19.5 Å². The smallest absolute Gasteiger partial charge is 0.277 e. The van der Waals surface area contributed by atoms with Crippen LogP contribution in [0.1, 0.15) is 25.7 Å². The summed E-state index contributed by atoms with van der Waals surface area (Å²) in [6.07, 6.45) is 1.65. The molecule has 0 atom stereocenters. The van der Waals surface area contributed by atoms with E-state index in [1.165, 1.54) is 0 Å². The highest BCUT2D eigenvalue weighted by atomic mass is 16.1. The van der Waals surface area contributed by atoms with Crippen LogP contribution in [0.3, 0.4) is 0 Å². The van der Waals surface area contributed by atoms with Gasteiger partial charge in [0, 0.05) is 6.04 Å². The van der Waals surface area contributed by atoms with E-state index in [2.05, 4.69) is 15.0 Å². The summed E-state index contributed by atoms with van der Waals surface area (Å²) >= 11 is 0. The molecular weight excluding hydrogens is 180 g/mol. The van der Waals surface area contributed by atoms with Crippen LogP contribution >= 0.6 is 0 Å². The average Bonchev–Trinajstić information content (AvgIpc) is 2.47. The van der Waals surface area contributed by atoms with E-state index < -0.39 is 0 Å². The van der Waals surface area contributed by atoms with Crippen molar-refractivity contribution in [1.29, 1.82) is 0 Å². The number of H-pyrrole nitrogens is 1. The normalized spacial score (nSPS) is 11.4. The van der Waals surface area contributed by atoms with Crippen molar-refractivity contribution in [2.24, 2.45) is 0 Å². The standard InChI is InChI=1S/C9H12N4O/c1-5(2)13-4-10-8-7(13)9(14)12-6(3)11-8/h4-5H,1-3H3,(H,11,12,14). The fourth-order valence-electron chi connectivity index (χ4n) is 1.45. The summed E-state index contributed by atoms with van der Waals surface area (Å²) in [6.45, 7) is 5.75. The molecule has 0 aliphatic carbocycles. The molecule has 0 aromatic carbocycles. The first-order valence-electron chi connectivity index (χ1n) is 4.53. The Morgan fingerprint density at radius 3 is 2.86 bits per heavy atom. The van der Waals surface area contributed by atoms with E-state index in [9.17, 15) is 4.79 Å². The van der Waals surface area contributed by atoms with Gasteiger partial charge in [-0.3, -0.25) is 4.79 Å². The number of aromatic nitrogens is 4. The molecule has 1 N–H and O–H groups in total. The van der Waals surface area contributed by atoms with Gasteiger partial charge in [0.15, 0.2) is 11.2 Å². The molecule has 5 heteroatoms. The molecule has 0 radical (unpaired) electrons. The van der Waals surface area contributed by atoms with E-state index in [1.807, 2.05) is 18.4 Å². The molecule has 0 bridgehead atoms. The van der Waals surface area contributed by atoms with Gasteiger partial charge in [-0.05, 0) is 20.8 Å². The van der Waals surface area contributed by atoms with Crippen molar-refractivity contribution in [3.05, 3.63) is 22.5 Å². The molecule has 0 unspecified atom stereocenters. The first kappa shape index (κ1) is 8.93. The van der Waals surface area contributed by atoms with Crippen LogP contribution in [0.5, 0.6) is 0 Å². The maximum absolute atomic E-state index is 11.6. The number of hydrogen-bond acceptors (Lipinski definition) is 3. The molecule has 2 aromatic rings. The zero-order valence-electron chi connectivity index (χ0n) is 8.40. The van der Waals surface area contributed by atoms with Crippen LogP contribution < -0.4 is 5.56 Å². The van der Waals surface area contributed by atoms with Gasteiger partial charge in [-0.15, -0.1) is 0 Å². The minimum absolute atomic E-state index is 0.126. The predicted octanol–water partition coefficient (Wildman–Crippen LogP) is 1.01. The lowest BCUT2D eigenvalue weighted by molar-refractivity contribution is 0.615. The van der Waals surface area contributed by atoms with Crippen molar-refractivity contribution < 1.29 is 0 Å². The van der Waals surface area contributed by atoms with Gasteiger partial charge in [-0.2, -0.15) is 0 Å². The van der Waals surface area contributed by atoms with Crippen molar-refractivity contribution in [2.45, 2.75) is 26.8 Å². The lowest BCUT2D eigenvalue weighted by atomic mass is 10.4. The fraction of sp³-hybridized carbons (Fsp3) is 0.444. The highest BCUT2D eigenvalue weighted by molar-refractivity contribution is 5.69. The van der Waals surface area contributed by atoms with Gasteiger partial charge in [0.1, 0.15) is 5.82 Å². The molecule has 0 aliphatic heterocycles. The summed E-state index contributed by atoms with van der Waals surface area (Å²) in [6, 6.07) is 0.214. The molecule has 2 aromatic heterocycles. The van der Waals surface area contributed by atoms with E-state index in [0.29, 0.717) is 17.0 Å². The second-order valence-corrected chi connectivity index (χ2v) is 3.57. The van der Waals surface area contributed by atoms with Crippen LogP contribution in [-0.2, 0) is 0 Å². The summed E-state index contributed by atoms with van der Waals surface area (Å²) < 4.78 is 1.82. The number of nitrogens with one attached hydrogen (secondary N) is 1. The Balaban J connectivity index is 2.86. The van der Waals surface area contributed by atoms with E-state index in [1.54, 1.807) is 13.3 Å². The van der Waals surface area contributed by atoms with Gasteiger partial charge in [-0.1, -0.05) is 0 Å². The maximum Gasteiger partial charge on any atom is 0.277 e. The number of hydrogen-bond donors (Lipinski definition) is 1. The topological polar surface area (TPSA) is 63.6 Å². The molecule has 14 heavy (non-hydrogen) atoms. The summed E-state index contributed by atoms with van der Waals surface area (Å²) in [5, 5.41) is 0. The Morgan fingerprint density at radius 2 is 2.21 bits per heavy atom. The van der Waals surface area contributed by atoms with Crippen LogP contribution in [0.2, 0.25) is 0 Å². The first-order valence-corrected chi connectivity index (χ1v) is 4.53. The molecule has 2 rings (SSSR count). The molecule has 0 saturated heterocycles. The number of imidazole rings is 1. The lowest BCUT2D eigenvalue weighted by Gasteiger charge is -2.06. The minimum atomic E-state index is -0.126. The largest absolute Gasteiger partial charge is 0.322 e. The van der Waals surface area contributed by atoms with Crippen LogP contribution in [0.15, 0.2) is 11.1 Å². The SMILES string of the molecule is Cc1nc2ncn(C(C)C)c2c(=O)[nH]1. The van der Waals surface area contributed by atoms with Gasteiger partial charge in [0.25, 0.3) is 5.56 Å². The number of fused-ring (bicyclic) bond motifs is 1. The molecule has 0 fully saturated rings. The predicted molar refractivity (Wildman–Crippen MR) is 53.3 cm³/mol. The van der Waals surface area contributed by atoms with E-state index in [0.717, 1.165) is 0 Å². The molecule has 0 saturated carbocycles. The lowest BCUT2D eigenvalue weighted by Crippen LogP contribution is -2.14. The minimum Gasteiger partial charge on any atom is -0.322 e. The van der Waals surface area contributed by atoms with Crippen LogP contribution in [0, 0.1) is 6.92 Å². The third-order valence-corrected chi connectivity index (χ3v) is 2.11. The number of aryl methyl sites for hydroxylation is 1. The monoisotopic (exact) mass is 192 g/mol. The third-order valence-electron chi connectivity index (χ3n) is 2.11. The van der Waals surface area contributed by atoms with E-state index >= 15 is 0 Å². The van der Waals surface area contributed by atoms with Gasteiger partial charge >= 0.3 is 0 Å². The molecule has 0 spiro atoms. The summed E-state index contributed by atoms with van der Waals surface area (Å²) in [5.74, 6) is 0.594. The fourth-order valence-corrected chi connectivity index (χ4v) is 1.45. The molecule has 2 heterocycles. The van der Waals surface area contributed by atoms with Gasteiger partial charge in [-0.25, -0.2) is 9.97 Å². The molecular formula is C9H12N4O. The highest BCUT2D eigenvalue weighted by Gasteiger charge is 2.10. The van der Waals surface area contributed by atoms with Gasteiger partial charge in [0.2, 0.25) is 0 Å². The van der Waals surface area contributed by atoms with Crippen LogP contribution in [0.25, 0.3) is 11.2 Å². The molecule has 0 amide bonds. The van der Waals surface area contributed by atoms with Crippen molar-refractivity contribution in [2.75, 3.05) is 0 Å². The number of rotatable bonds is 1. The Labute approximate surface area is 80.8 Å². The third kappa shape index (κ3) is 1.21. The van der Waals surface area contributed by atoms with E-state index in [4.69, 9.17) is 0 Å². The Kier molecular flexibility index (Phi) is 1.87. The van der Waals surface area contributed by atoms with Crippen molar-refractivity contribution >= 4 is 11.2 Å². The number of aromatic amines is 1. The summed E-state index contributed by atoms with van der Waals surface area (Å²) in [5.41, 5.74) is 0.934. The zero-order valence-corrected chi connectivity index (χ0v) is 8.40. The molecule has 74 valence electrons. The second kappa shape index (κ2) is 2.94. The van der Waals surface area contributed by atoms with Crippen molar-refractivity contribution in [3.63, 3.8) is 0 Å². The quantitative estimate of drug-likeness (QED) is 0.733. The number of nitrogens with zero attached hydrogens (tertiary/aromatic N) is 3. The van der Waals surface area contributed by atoms with Crippen molar-refractivity contribution in [3.8, 4) is 0 Å². The Bertz CT molecular complexity index is 523. The van der Waals surface area contributed by atoms with Crippen LogP contribution in [0.4, 0.5) is 0 Å². The summed E-state index contributed by atoms with van der Waals surface area (Å²) in [7, 11) is 0.